The number of hydrogen-bond acceptors (Lipinski definition) is 2. The molecule has 0 bridgehead atoms. The number of hydrogen-bond donors (Lipinski definition) is 0. The van der Waals surface area contributed by atoms with Gasteiger partial charge in [-0.25, -0.2) is 4.98 Å². The van der Waals surface area contributed by atoms with Crippen LogP contribution in [0.3, 0.4) is 0 Å². The lowest BCUT2D eigenvalue weighted by atomic mass is 10.1. The Morgan fingerprint density at radius 2 is 2.19 bits per heavy atom. The van der Waals surface area contributed by atoms with Crippen molar-refractivity contribution >= 4 is 32.3 Å². The van der Waals surface area contributed by atoms with Crippen LogP contribution in [0.5, 0.6) is 5.75 Å². The molecule has 0 spiro atoms. The van der Waals surface area contributed by atoms with Gasteiger partial charge in [0.05, 0.1) is 13.3 Å². The molecule has 1 aromatic carbocycles. The molecule has 0 saturated carbocycles. The van der Waals surface area contributed by atoms with Gasteiger partial charge in [0.1, 0.15) is 16.0 Å². The number of fused-ring (bicyclic) bond motifs is 3. The van der Waals surface area contributed by atoms with Crippen molar-refractivity contribution < 1.29 is 4.74 Å². The Balaban J connectivity index is 2.43. The molecule has 0 aliphatic heterocycles. The van der Waals surface area contributed by atoms with Crippen molar-refractivity contribution in [2.45, 2.75) is 0 Å². The minimum Gasteiger partial charge on any atom is -0.497 e. The number of rotatable bonds is 1. The molecular formula is C12H9BrN2O. The van der Waals surface area contributed by atoms with Crippen molar-refractivity contribution in [1.82, 2.24) is 9.38 Å². The van der Waals surface area contributed by atoms with Crippen molar-refractivity contribution in [2.75, 3.05) is 7.11 Å². The zero-order valence-electron chi connectivity index (χ0n) is 8.64. The number of halogens is 1. The molecule has 0 saturated heterocycles. The number of benzene rings is 1. The van der Waals surface area contributed by atoms with Crippen LogP contribution in [-0.4, -0.2) is 16.5 Å². The van der Waals surface area contributed by atoms with E-state index >= 15 is 0 Å². The van der Waals surface area contributed by atoms with Crippen LogP contribution in [-0.2, 0) is 0 Å². The van der Waals surface area contributed by atoms with E-state index < -0.39 is 0 Å². The highest BCUT2D eigenvalue weighted by atomic mass is 79.9. The van der Waals surface area contributed by atoms with E-state index in [0.29, 0.717) is 0 Å². The first-order chi connectivity index (χ1) is 7.79. The lowest BCUT2D eigenvalue weighted by molar-refractivity contribution is 0.415. The van der Waals surface area contributed by atoms with Crippen LogP contribution in [0.4, 0.5) is 0 Å². The van der Waals surface area contributed by atoms with Gasteiger partial charge in [0.15, 0.2) is 0 Å². The maximum Gasteiger partial charge on any atom is 0.145 e. The predicted octanol–water partition coefficient (Wildman–Crippen LogP) is 3.26. The summed E-state index contributed by atoms with van der Waals surface area (Å²) < 4.78 is 8.17. The van der Waals surface area contributed by atoms with Crippen LogP contribution in [0.2, 0.25) is 0 Å². The molecule has 3 aromatic rings. The van der Waals surface area contributed by atoms with Gasteiger partial charge in [-0.2, -0.15) is 0 Å². The molecule has 0 aliphatic carbocycles. The molecule has 0 atom stereocenters. The summed E-state index contributed by atoms with van der Waals surface area (Å²) in [5.74, 6) is 0.863. The Morgan fingerprint density at radius 1 is 1.31 bits per heavy atom. The molecule has 0 radical (unpaired) electrons. The number of ether oxygens (including phenoxy) is 1. The largest absolute Gasteiger partial charge is 0.497 e. The summed E-state index contributed by atoms with van der Waals surface area (Å²) in [4.78, 5) is 4.38. The number of nitrogens with zero attached hydrogens (tertiary/aromatic N) is 2. The maximum atomic E-state index is 5.20. The first kappa shape index (κ1) is 9.66. The predicted molar refractivity (Wildman–Crippen MR) is 67.0 cm³/mol. The van der Waals surface area contributed by atoms with Gasteiger partial charge in [0.2, 0.25) is 0 Å². The van der Waals surface area contributed by atoms with Gasteiger partial charge in [0.25, 0.3) is 0 Å². The van der Waals surface area contributed by atoms with Crippen LogP contribution in [0.25, 0.3) is 16.4 Å². The first-order valence-corrected chi connectivity index (χ1v) is 5.68. The zero-order valence-corrected chi connectivity index (χ0v) is 10.2. The fourth-order valence-electron chi connectivity index (χ4n) is 1.85. The zero-order chi connectivity index (χ0) is 11.1. The van der Waals surface area contributed by atoms with Gasteiger partial charge in [-0.15, -0.1) is 0 Å². The molecule has 0 fully saturated rings. The van der Waals surface area contributed by atoms with Gasteiger partial charge in [-0.1, -0.05) is 0 Å². The number of imidazole rings is 1. The van der Waals surface area contributed by atoms with Gasteiger partial charge in [-0.3, -0.25) is 4.40 Å². The highest BCUT2D eigenvalue weighted by Crippen LogP contribution is 2.25. The van der Waals surface area contributed by atoms with Crippen LogP contribution in [0.1, 0.15) is 0 Å². The third-order valence-electron chi connectivity index (χ3n) is 2.65. The summed E-state index contributed by atoms with van der Waals surface area (Å²) in [6.45, 7) is 0. The average molecular weight is 277 g/mol. The molecule has 2 heterocycles. The lowest BCUT2D eigenvalue weighted by Crippen LogP contribution is -1.87. The fraction of sp³-hybridized carbons (Fsp3) is 0.0833. The Kier molecular flexibility index (Phi) is 2.11. The standard InChI is InChI=1S/C12H9BrN2O/c1-16-9-2-3-10-8(6-9)4-5-15-11(13)7-14-12(10)15/h2-7H,1H3. The molecule has 4 heteroatoms. The molecule has 80 valence electrons. The Hall–Kier alpha value is -1.55. The molecule has 2 aromatic heterocycles. The second kappa shape index (κ2) is 3.49. The van der Waals surface area contributed by atoms with Crippen molar-refractivity contribution in [2.24, 2.45) is 0 Å². The van der Waals surface area contributed by atoms with E-state index in [0.717, 1.165) is 26.8 Å². The summed E-state index contributed by atoms with van der Waals surface area (Å²) >= 11 is 3.46. The van der Waals surface area contributed by atoms with E-state index in [9.17, 15) is 0 Å². The third kappa shape index (κ3) is 1.30. The van der Waals surface area contributed by atoms with Crippen molar-refractivity contribution in [1.29, 1.82) is 0 Å². The highest BCUT2D eigenvalue weighted by Gasteiger charge is 2.05. The second-order valence-corrected chi connectivity index (χ2v) is 4.36. The van der Waals surface area contributed by atoms with Crippen LogP contribution in [0.15, 0.2) is 41.3 Å². The number of aromatic nitrogens is 2. The summed E-state index contributed by atoms with van der Waals surface area (Å²) in [6, 6.07) is 8.04. The minimum atomic E-state index is 0.863. The fourth-order valence-corrected chi connectivity index (χ4v) is 2.23. The average Bonchev–Trinajstić information content (AvgIpc) is 2.70. The third-order valence-corrected chi connectivity index (χ3v) is 3.24. The second-order valence-electron chi connectivity index (χ2n) is 3.54. The van der Waals surface area contributed by atoms with Gasteiger partial charge < -0.3 is 4.74 Å². The van der Waals surface area contributed by atoms with Crippen LogP contribution in [0, 0.1) is 0 Å². The molecule has 0 N–H and O–H groups in total. The van der Waals surface area contributed by atoms with Crippen LogP contribution < -0.4 is 4.74 Å². The Morgan fingerprint density at radius 3 is 3.00 bits per heavy atom. The van der Waals surface area contributed by atoms with E-state index in [1.807, 2.05) is 28.8 Å². The highest BCUT2D eigenvalue weighted by molar-refractivity contribution is 9.10. The summed E-state index contributed by atoms with van der Waals surface area (Å²) in [5.41, 5.74) is 0.951. The van der Waals surface area contributed by atoms with Gasteiger partial charge in [-0.05, 0) is 45.6 Å². The first-order valence-electron chi connectivity index (χ1n) is 4.89. The lowest BCUT2D eigenvalue weighted by Gasteiger charge is -2.04. The van der Waals surface area contributed by atoms with Crippen LogP contribution >= 0.6 is 15.9 Å². The summed E-state index contributed by atoms with van der Waals surface area (Å²) in [5, 5.41) is 2.25. The van der Waals surface area contributed by atoms with E-state index in [1.54, 1.807) is 13.3 Å². The van der Waals surface area contributed by atoms with E-state index in [4.69, 9.17) is 4.74 Å². The molecule has 3 nitrogen and oxygen atoms in total. The molecule has 3 rings (SSSR count). The van der Waals surface area contributed by atoms with E-state index in [2.05, 4.69) is 27.0 Å². The monoisotopic (exact) mass is 276 g/mol. The number of pyridine rings is 1. The molecule has 0 amide bonds. The maximum absolute atomic E-state index is 5.20. The van der Waals surface area contributed by atoms with Gasteiger partial charge in [0, 0.05) is 11.6 Å². The normalized spacial score (nSPS) is 11.1. The van der Waals surface area contributed by atoms with Crippen molar-refractivity contribution in [3.63, 3.8) is 0 Å². The number of methoxy groups -OCH3 is 1. The van der Waals surface area contributed by atoms with E-state index in [1.165, 1.54) is 0 Å². The van der Waals surface area contributed by atoms with Crippen molar-refractivity contribution in [3.8, 4) is 5.75 Å². The minimum absolute atomic E-state index is 0.863. The Bertz CT molecular complexity index is 675. The molecule has 16 heavy (non-hydrogen) atoms. The summed E-state index contributed by atoms with van der Waals surface area (Å²) in [6.07, 6.45) is 3.80. The SMILES string of the molecule is COc1ccc2c(ccn3c(Br)cnc23)c1. The van der Waals surface area contributed by atoms with E-state index in [-0.39, 0.29) is 0 Å². The molecular weight excluding hydrogens is 268 g/mol. The molecule has 0 unspecified atom stereocenters. The molecule has 0 aliphatic rings. The van der Waals surface area contributed by atoms with Crippen molar-refractivity contribution in [3.05, 3.63) is 41.3 Å². The summed E-state index contributed by atoms with van der Waals surface area (Å²) in [7, 11) is 1.67. The van der Waals surface area contributed by atoms with Gasteiger partial charge >= 0.3 is 0 Å². The Labute approximate surface area is 101 Å². The quantitative estimate of drug-likeness (QED) is 0.682. The smallest absolute Gasteiger partial charge is 0.145 e. The topological polar surface area (TPSA) is 26.5 Å².